The van der Waals surface area contributed by atoms with Gasteiger partial charge in [-0.3, -0.25) is 4.90 Å². The molecule has 6 nitrogen and oxygen atoms in total. The molecule has 0 aliphatic carbocycles. The second-order valence-electron chi connectivity index (χ2n) is 7.33. The molecule has 0 bridgehead atoms. The van der Waals surface area contributed by atoms with Gasteiger partial charge in [-0.2, -0.15) is 0 Å². The lowest BCUT2D eigenvalue weighted by molar-refractivity contribution is 0.140. The van der Waals surface area contributed by atoms with Gasteiger partial charge in [0.2, 0.25) is 0 Å². The Balaban J connectivity index is 1.38. The van der Waals surface area contributed by atoms with E-state index in [9.17, 15) is 4.79 Å². The van der Waals surface area contributed by atoms with Crippen molar-refractivity contribution in [2.75, 3.05) is 59.9 Å². The summed E-state index contributed by atoms with van der Waals surface area (Å²) in [7, 11) is 4.11. The fourth-order valence-corrected chi connectivity index (χ4v) is 3.49. The average Bonchev–Trinajstić information content (AvgIpc) is 3.07. The van der Waals surface area contributed by atoms with Gasteiger partial charge in [0, 0.05) is 56.4 Å². The molecule has 1 aromatic carbocycles. The molecule has 0 radical (unpaired) electrons. The average molecular weight is 358 g/mol. The molecule has 2 aromatic rings. The van der Waals surface area contributed by atoms with Gasteiger partial charge in [-0.25, -0.2) is 4.79 Å². The number of aromatic amines is 1. The summed E-state index contributed by atoms with van der Waals surface area (Å²) < 4.78 is 0. The Morgan fingerprint density at radius 1 is 1.19 bits per heavy atom. The maximum absolute atomic E-state index is 12.2. The summed E-state index contributed by atoms with van der Waals surface area (Å²) in [6.45, 7) is 6.32. The normalized spacial score (nSPS) is 15.7. The number of rotatable bonds is 7. The highest BCUT2D eigenvalue weighted by Gasteiger charge is 2.20. The minimum absolute atomic E-state index is 0.0834. The quantitative estimate of drug-likeness (QED) is 0.745. The third-order valence-corrected chi connectivity index (χ3v) is 5.09. The number of hydrogen-bond donors (Lipinski definition) is 2. The van der Waals surface area contributed by atoms with Gasteiger partial charge in [-0.1, -0.05) is 18.2 Å². The Bertz CT molecular complexity index is 703. The van der Waals surface area contributed by atoms with Crippen molar-refractivity contribution in [2.24, 2.45) is 0 Å². The lowest BCUT2D eigenvalue weighted by Crippen LogP contribution is -2.52. The van der Waals surface area contributed by atoms with Crippen molar-refractivity contribution in [3.8, 4) is 0 Å². The predicted octanol–water partition coefficient (Wildman–Crippen LogP) is 1.99. The number of nitrogens with one attached hydrogen (secondary N) is 2. The van der Waals surface area contributed by atoms with Crippen LogP contribution in [0.15, 0.2) is 30.5 Å². The van der Waals surface area contributed by atoms with Crippen LogP contribution in [-0.4, -0.2) is 85.6 Å². The van der Waals surface area contributed by atoms with Crippen molar-refractivity contribution < 1.29 is 4.79 Å². The first-order valence-electron chi connectivity index (χ1n) is 9.58. The maximum atomic E-state index is 12.2. The molecule has 1 aromatic heterocycles. The van der Waals surface area contributed by atoms with E-state index in [1.54, 1.807) is 0 Å². The lowest BCUT2D eigenvalue weighted by Gasteiger charge is -2.34. The van der Waals surface area contributed by atoms with Gasteiger partial charge < -0.3 is 20.1 Å². The van der Waals surface area contributed by atoms with Crippen molar-refractivity contribution in [3.05, 3.63) is 36.0 Å². The lowest BCUT2D eigenvalue weighted by atomic mass is 10.1. The molecule has 6 heteroatoms. The molecule has 1 saturated heterocycles. The smallest absolute Gasteiger partial charge is 0.317 e. The first-order valence-corrected chi connectivity index (χ1v) is 9.58. The van der Waals surface area contributed by atoms with Crippen LogP contribution < -0.4 is 5.32 Å². The highest BCUT2D eigenvalue weighted by molar-refractivity contribution is 5.83. The summed E-state index contributed by atoms with van der Waals surface area (Å²) in [5, 5.41) is 4.36. The summed E-state index contributed by atoms with van der Waals surface area (Å²) in [5.41, 5.74) is 2.58. The SMILES string of the molecule is CN(C)CCCNC(=O)N1CCN(CCc2c[nH]c3ccccc23)CC1. The second-order valence-corrected chi connectivity index (χ2v) is 7.33. The standard InChI is InChI=1S/C20H31N5O/c1-23(2)10-5-9-21-20(26)25-14-12-24(13-15-25)11-8-17-16-22-19-7-4-3-6-18(17)19/h3-4,6-7,16,22H,5,8-15H2,1-2H3,(H,21,26). The highest BCUT2D eigenvalue weighted by Crippen LogP contribution is 2.18. The topological polar surface area (TPSA) is 54.6 Å². The fourth-order valence-electron chi connectivity index (χ4n) is 3.49. The zero-order valence-corrected chi connectivity index (χ0v) is 16.0. The zero-order chi connectivity index (χ0) is 18.4. The first kappa shape index (κ1) is 18.7. The minimum atomic E-state index is 0.0834. The Labute approximate surface area is 156 Å². The van der Waals surface area contributed by atoms with Crippen LogP contribution in [-0.2, 0) is 6.42 Å². The van der Waals surface area contributed by atoms with Crippen LogP contribution in [0.2, 0.25) is 0 Å². The van der Waals surface area contributed by atoms with Gasteiger partial charge in [0.05, 0.1) is 0 Å². The number of carbonyl (C=O) groups is 1. The van der Waals surface area contributed by atoms with Gasteiger partial charge in [-0.05, 0) is 45.1 Å². The number of fused-ring (bicyclic) bond motifs is 1. The maximum Gasteiger partial charge on any atom is 0.317 e. The van der Waals surface area contributed by atoms with Crippen LogP contribution in [0.1, 0.15) is 12.0 Å². The van der Waals surface area contributed by atoms with E-state index in [1.807, 2.05) is 4.90 Å². The van der Waals surface area contributed by atoms with Crippen molar-refractivity contribution in [1.82, 2.24) is 25.0 Å². The second kappa shape index (κ2) is 9.05. The summed E-state index contributed by atoms with van der Waals surface area (Å²) in [6.07, 6.45) is 4.16. The number of H-pyrrole nitrogens is 1. The number of benzene rings is 1. The number of hydrogen-bond acceptors (Lipinski definition) is 3. The molecule has 2 N–H and O–H groups in total. The van der Waals surface area contributed by atoms with Crippen LogP contribution in [0.3, 0.4) is 0 Å². The number of urea groups is 1. The van der Waals surface area contributed by atoms with E-state index in [0.29, 0.717) is 0 Å². The first-order chi connectivity index (χ1) is 12.6. The monoisotopic (exact) mass is 357 g/mol. The molecular weight excluding hydrogens is 326 g/mol. The van der Waals surface area contributed by atoms with Crippen molar-refractivity contribution in [2.45, 2.75) is 12.8 Å². The molecule has 1 aliphatic rings. The van der Waals surface area contributed by atoms with E-state index in [4.69, 9.17) is 0 Å². The molecule has 26 heavy (non-hydrogen) atoms. The number of aromatic nitrogens is 1. The van der Waals surface area contributed by atoms with E-state index >= 15 is 0 Å². The molecular formula is C20H31N5O. The Morgan fingerprint density at radius 2 is 1.96 bits per heavy atom. The number of nitrogens with zero attached hydrogens (tertiary/aromatic N) is 3. The number of carbonyl (C=O) groups excluding carboxylic acids is 1. The predicted molar refractivity (Wildman–Crippen MR) is 107 cm³/mol. The minimum Gasteiger partial charge on any atom is -0.361 e. The van der Waals surface area contributed by atoms with Crippen molar-refractivity contribution >= 4 is 16.9 Å². The third-order valence-electron chi connectivity index (χ3n) is 5.09. The molecule has 0 spiro atoms. The molecule has 1 aliphatic heterocycles. The van der Waals surface area contributed by atoms with Crippen LogP contribution >= 0.6 is 0 Å². The van der Waals surface area contributed by atoms with E-state index in [0.717, 1.165) is 58.7 Å². The van der Waals surface area contributed by atoms with Gasteiger partial charge in [0.15, 0.2) is 0 Å². The summed E-state index contributed by atoms with van der Waals surface area (Å²) in [4.78, 5) is 22.1. The summed E-state index contributed by atoms with van der Waals surface area (Å²) >= 11 is 0. The Morgan fingerprint density at radius 3 is 2.73 bits per heavy atom. The molecule has 1 fully saturated rings. The van der Waals surface area contributed by atoms with E-state index in [-0.39, 0.29) is 6.03 Å². The van der Waals surface area contributed by atoms with Crippen LogP contribution in [0, 0.1) is 0 Å². The third kappa shape index (κ3) is 4.99. The molecule has 142 valence electrons. The van der Waals surface area contributed by atoms with Gasteiger partial charge in [-0.15, -0.1) is 0 Å². The molecule has 3 rings (SSSR count). The Kier molecular flexibility index (Phi) is 6.52. The molecule has 0 atom stereocenters. The van der Waals surface area contributed by atoms with Gasteiger partial charge in [0.25, 0.3) is 0 Å². The molecule has 0 unspecified atom stereocenters. The van der Waals surface area contributed by atoms with E-state index in [1.165, 1.54) is 16.5 Å². The summed E-state index contributed by atoms with van der Waals surface area (Å²) in [5.74, 6) is 0. The number of amides is 2. The molecule has 2 heterocycles. The number of para-hydroxylation sites is 1. The molecule has 0 saturated carbocycles. The largest absolute Gasteiger partial charge is 0.361 e. The fraction of sp³-hybridized carbons (Fsp3) is 0.550. The van der Waals surface area contributed by atoms with Crippen molar-refractivity contribution in [3.63, 3.8) is 0 Å². The molecule has 2 amide bonds. The van der Waals surface area contributed by atoms with Crippen LogP contribution in [0.4, 0.5) is 4.79 Å². The van der Waals surface area contributed by atoms with Crippen LogP contribution in [0.5, 0.6) is 0 Å². The highest BCUT2D eigenvalue weighted by atomic mass is 16.2. The van der Waals surface area contributed by atoms with Gasteiger partial charge >= 0.3 is 6.03 Å². The van der Waals surface area contributed by atoms with E-state index in [2.05, 4.69) is 64.7 Å². The van der Waals surface area contributed by atoms with Crippen LogP contribution in [0.25, 0.3) is 10.9 Å². The van der Waals surface area contributed by atoms with Crippen molar-refractivity contribution in [1.29, 1.82) is 0 Å². The van der Waals surface area contributed by atoms with Gasteiger partial charge in [0.1, 0.15) is 0 Å². The number of piperazine rings is 1. The summed E-state index contributed by atoms with van der Waals surface area (Å²) in [6, 6.07) is 8.54. The Hall–Kier alpha value is -2.05. The van der Waals surface area contributed by atoms with E-state index < -0.39 is 0 Å². The zero-order valence-electron chi connectivity index (χ0n) is 16.0.